The Balaban J connectivity index is 1.50. The number of amides is 1. The van der Waals surface area contributed by atoms with Crippen molar-refractivity contribution in [1.29, 1.82) is 0 Å². The molecule has 0 saturated heterocycles. The molecule has 2 heterocycles. The molecule has 0 unspecified atom stereocenters. The normalized spacial score (nSPS) is 16.4. The number of hydrogen-bond donors (Lipinski definition) is 1. The summed E-state index contributed by atoms with van der Waals surface area (Å²) in [5, 5.41) is 4.66. The van der Waals surface area contributed by atoms with Gasteiger partial charge in [-0.2, -0.15) is 5.10 Å². The monoisotopic (exact) mass is 394 g/mol. The molecule has 0 bridgehead atoms. The SMILES string of the molecule is Cc1ccc(C=NNC(=O)Cn2cnc3sc4c(c3c2=O)CC[C@@H](C)C4)cc1. The van der Waals surface area contributed by atoms with Gasteiger partial charge in [0, 0.05) is 4.88 Å². The Morgan fingerprint density at radius 3 is 2.96 bits per heavy atom. The molecule has 2 aromatic heterocycles. The summed E-state index contributed by atoms with van der Waals surface area (Å²) in [4.78, 5) is 31.6. The van der Waals surface area contributed by atoms with Gasteiger partial charge in [0.1, 0.15) is 11.4 Å². The molecule has 6 nitrogen and oxygen atoms in total. The molecule has 1 aromatic carbocycles. The molecule has 1 amide bonds. The van der Waals surface area contributed by atoms with Crippen LogP contribution in [0.5, 0.6) is 0 Å². The molecule has 7 heteroatoms. The minimum atomic E-state index is -0.357. The zero-order valence-electron chi connectivity index (χ0n) is 15.9. The minimum Gasteiger partial charge on any atom is -0.289 e. The number of aromatic nitrogens is 2. The van der Waals surface area contributed by atoms with E-state index in [2.05, 4.69) is 22.4 Å². The van der Waals surface area contributed by atoms with Crippen molar-refractivity contribution in [2.24, 2.45) is 11.0 Å². The Hall–Kier alpha value is -2.80. The smallest absolute Gasteiger partial charge is 0.262 e. The van der Waals surface area contributed by atoms with Crippen LogP contribution < -0.4 is 11.0 Å². The number of carbonyl (C=O) groups excluding carboxylic acids is 1. The highest BCUT2D eigenvalue weighted by Crippen LogP contribution is 2.35. The van der Waals surface area contributed by atoms with Crippen LogP contribution in [0.2, 0.25) is 0 Å². The molecule has 0 saturated carbocycles. The number of thiophene rings is 1. The van der Waals surface area contributed by atoms with Crippen LogP contribution in [-0.2, 0) is 24.2 Å². The molecule has 1 aliphatic rings. The van der Waals surface area contributed by atoms with E-state index in [4.69, 9.17) is 0 Å². The molecule has 4 rings (SSSR count). The third kappa shape index (κ3) is 3.75. The molecular formula is C21H22N4O2S. The average Bonchev–Trinajstić information content (AvgIpc) is 3.04. The number of carbonyl (C=O) groups is 1. The second kappa shape index (κ2) is 7.67. The number of rotatable bonds is 4. The maximum atomic E-state index is 12.9. The molecule has 0 radical (unpaired) electrons. The van der Waals surface area contributed by atoms with E-state index in [-0.39, 0.29) is 18.0 Å². The third-order valence-electron chi connectivity index (χ3n) is 5.08. The maximum absolute atomic E-state index is 12.9. The van der Waals surface area contributed by atoms with Crippen LogP contribution in [0.3, 0.4) is 0 Å². The van der Waals surface area contributed by atoms with Crippen LogP contribution in [0.15, 0.2) is 40.5 Å². The quantitative estimate of drug-likeness (QED) is 0.546. The van der Waals surface area contributed by atoms with Gasteiger partial charge in [0.05, 0.1) is 17.9 Å². The summed E-state index contributed by atoms with van der Waals surface area (Å²) in [6.45, 7) is 4.14. The van der Waals surface area contributed by atoms with Crippen molar-refractivity contribution in [3.8, 4) is 0 Å². The van der Waals surface area contributed by atoms with Crippen molar-refractivity contribution in [3.05, 3.63) is 62.5 Å². The van der Waals surface area contributed by atoms with Crippen LogP contribution in [0, 0.1) is 12.8 Å². The fourth-order valence-electron chi connectivity index (χ4n) is 3.50. The molecule has 0 spiro atoms. The Labute approximate surface area is 166 Å². The van der Waals surface area contributed by atoms with Crippen LogP contribution in [0.4, 0.5) is 0 Å². The molecule has 1 aliphatic carbocycles. The fraction of sp³-hybridized carbons (Fsp3) is 0.333. The first kappa shape index (κ1) is 18.6. The van der Waals surface area contributed by atoms with Crippen molar-refractivity contribution >= 4 is 33.7 Å². The van der Waals surface area contributed by atoms with Gasteiger partial charge in [-0.25, -0.2) is 10.4 Å². The van der Waals surface area contributed by atoms with Crippen molar-refractivity contribution < 1.29 is 4.79 Å². The molecule has 1 N–H and O–H groups in total. The van der Waals surface area contributed by atoms with Crippen LogP contribution in [-0.4, -0.2) is 21.7 Å². The summed E-state index contributed by atoms with van der Waals surface area (Å²) in [5.41, 5.74) is 5.52. The van der Waals surface area contributed by atoms with Gasteiger partial charge < -0.3 is 0 Å². The predicted octanol–water partition coefficient (Wildman–Crippen LogP) is 3.04. The van der Waals surface area contributed by atoms with Crippen molar-refractivity contribution in [3.63, 3.8) is 0 Å². The van der Waals surface area contributed by atoms with E-state index < -0.39 is 0 Å². The highest BCUT2D eigenvalue weighted by Gasteiger charge is 2.23. The molecule has 1 atom stereocenters. The van der Waals surface area contributed by atoms with E-state index >= 15 is 0 Å². The molecular weight excluding hydrogens is 372 g/mol. The van der Waals surface area contributed by atoms with E-state index in [9.17, 15) is 9.59 Å². The van der Waals surface area contributed by atoms with Crippen molar-refractivity contribution in [2.75, 3.05) is 0 Å². The first-order chi connectivity index (χ1) is 13.5. The first-order valence-electron chi connectivity index (χ1n) is 9.39. The zero-order chi connectivity index (χ0) is 19.7. The lowest BCUT2D eigenvalue weighted by atomic mass is 9.89. The van der Waals surface area contributed by atoms with Crippen LogP contribution in [0.25, 0.3) is 10.2 Å². The summed E-state index contributed by atoms with van der Waals surface area (Å²) < 4.78 is 1.37. The minimum absolute atomic E-state index is 0.103. The maximum Gasteiger partial charge on any atom is 0.262 e. The Bertz CT molecular complexity index is 1110. The summed E-state index contributed by atoms with van der Waals surface area (Å²) in [5.74, 6) is 0.282. The number of nitrogens with zero attached hydrogens (tertiary/aromatic N) is 3. The van der Waals surface area contributed by atoms with E-state index in [0.29, 0.717) is 11.3 Å². The van der Waals surface area contributed by atoms with Crippen LogP contribution >= 0.6 is 11.3 Å². The largest absolute Gasteiger partial charge is 0.289 e. The molecule has 28 heavy (non-hydrogen) atoms. The zero-order valence-corrected chi connectivity index (χ0v) is 16.8. The topological polar surface area (TPSA) is 76.3 Å². The third-order valence-corrected chi connectivity index (χ3v) is 6.24. The predicted molar refractivity (Wildman–Crippen MR) is 112 cm³/mol. The van der Waals surface area contributed by atoms with Gasteiger partial charge in [-0.3, -0.25) is 14.2 Å². The van der Waals surface area contributed by atoms with Crippen LogP contribution in [0.1, 0.15) is 34.9 Å². The Morgan fingerprint density at radius 2 is 2.18 bits per heavy atom. The van der Waals surface area contributed by atoms with Gasteiger partial charge in [0.25, 0.3) is 11.5 Å². The highest BCUT2D eigenvalue weighted by atomic mass is 32.1. The number of benzene rings is 1. The second-order valence-electron chi connectivity index (χ2n) is 7.41. The first-order valence-corrected chi connectivity index (χ1v) is 10.2. The Kier molecular flexibility index (Phi) is 5.09. The van der Waals surface area contributed by atoms with E-state index in [1.807, 2.05) is 31.2 Å². The summed E-state index contributed by atoms with van der Waals surface area (Å²) in [7, 11) is 0. The number of hydrazone groups is 1. The van der Waals surface area contributed by atoms with Gasteiger partial charge in [-0.1, -0.05) is 36.8 Å². The number of aryl methyl sites for hydroxylation is 2. The van der Waals surface area contributed by atoms with Gasteiger partial charge >= 0.3 is 0 Å². The van der Waals surface area contributed by atoms with Gasteiger partial charge in [0.2, 0.25) is 0 Å². The molecule has 0 fully saturated rings. The lowest BCUT2D eigenvalue weighted by molar-refractivity contribution is -0.121. The van der Waals surface area contributed by atoms with Crippen molar-refractivity contribution in [1.82, 2.24) is 15.0 Å². The summed E-state index contributed by atoms with van der Waals surface area (Å²) in [6, 6.07) is 7.81. The second-order valence-corrected chi connectivity index (χ2v) is 8.50. The summed E-state index contributed by atoms with van der Waals surface area (Å²) >= 11 is 1.61. The van der Waals surface area contributed by atoms with Crippen molar-refractivity contribution in [2.45, 2.75) is 39.7 Å². The number of hydrogen-bond acceptors (Lipinski definition) is 5. The molecule has 144 valence electrons. The fourth-order valence-corrected chi connectivity index (χ4v) is 4.84. The average molecular weight is 395 g/mol. The summed E-state index contributed by atoms with van der Waals surface area (Å²) in [6.07, 6.45) is 6.03. The lowest BCUT2D eigenvalue weighted by Gasteiger charge is -2.17. The van der Waals surface area contributed by atoms with E-state index in [1.165, 1.54) is 15.8 Å². The standard InChI is InChI=1S/C21H22N4O2S/c1-13-3-6-15(7-4-13)10-23-24-18(26)11-25-12-22-20-19(21(25)27)16-8-5-14(2)9-17(16)28-20/h3-4,6-7,10,12,14H,5,8-9,11H2,1-2H3,(H,24,26)/t14-/m1/s1. The number of fused-ring (bicyclic) bond motifs is 3. The van der Waals surface area contributed by atoms with Gasteiger partial charge in [-0.15, -0.1) is 11.3 Å². The lowest BCUT2D eigenvalue weighted by Crippen LogP contribution is -2.30. The highest BCUT2D eigenvalue weighted by molar-refractivity contribution is 7.18. The van der Waals surface area contributed by atoms with Gasteiger partial charge in [-0.05, 0) is 43.2 Å². The van der Waals surface area contributed by atoms with E-state index in [1.54, 1.807) is 17.6 Å². The Morgan fingerprint density at radius 1 is 1.39 bits per heavy atom. The molecule has 3 aromatic rings. The van der Waals surface area contributed by atoms with Gasteiger partial charge in [0.15, 0.2) is 0 Å². The molecule has 0 aliphatic heterocycles. The van der Waals surface area contributed by atoms with E-state index in [0.717, 1.165) is 40.8 Å². The number of nitrogens with one attached hydrogen (secondary N) is 1.